The number of hydrogen-bond acceptors (Lipinski definition) is 5. The minimum Gasteiger partial charge on any atom is -0.462 e. The standard InChI is InChI=1S/C59H112O5/c1-4-7-10-13-16-19-22-25-27-29-30-31-32-35-37-40-43-46-49-52-58(60)63-56-57(64-59(61)53-50-47-44-41-38-34-24-21-18-15-12-9-6-3)55-62-54-51-48-45-42-39-36-33-28-26-23-20-17-14-11-8-5-2/h25-28,57H,4-24,29-56H2,1-3H3/b27-25-,28-26-. The highest BCUT2D eigenvalue weighted by atomic mass is 16.6. The lowest BCUT2D eigenvalue weighted by Crippen LogP contribution is -2.30. The van der Waals surface area contributed by atoms with E-state index in [1.807, 2.05) is 0 Å². The van der Waals surface area contributed by atoms with Crippen LogP contribution in [0.3, 0.4) is 0 Å². The predicted molar refractivity (Wildman–Crippen MR) is 279 cm³/mol. The van der Waals surface area contributed by atoms with Gasteiger partial charge in [-0.2, -0.15) is 0 Å². The summed E-state index contributed by atoms with van der Waals surface area (Å²) in [6.07, 6.45) is 66.2. The van der Waals surface area contributed by atoms with Crippen molar-refractivity contribution in [2.45, 2.75) is 322 Å². The Labute approximate surface area is 400 Å². The summed E-state index contributed by atoms with van der Waals surface area (Å²) in [6, 6.07) is 0. The van der Waals surface area contributed by atoms with Crippen molar-refractivity contribution in [1.29, 1.82) is 0 Å². The van der Waals surface area contributed by atoms with Gasteiger partial charge in [0, 0.05) is 19.4 Å². The van der Waals surface area contributed by atoms with Crippen molar-refractivity contribution in [1.82, 2.24) is 0 Å². The molecule has 0 rings (SSSR count). The first-order valence-electron chi connectivity index (χ1n) is 28.9. The van der Waals surface area contributed by atoms with E-state index in [1.54, 1.807) is 0 Å². The van der Waals surface area contributed by atoms with Gasteiger partial charge in [-0.15, -0.1) is 0 Å². The van der Waals surface area contributed by atoms with Gasteiger partial charge in [-0.25, -0.2) is 0 Å². The monoisotopic (exact) mass is 901 g/mol. The van der Waals surface area contributed by atoms with Crippen LogP contribution in [-0.4, -0.2) is 37.9 Å². The molecule has 64 heavy (non-hydrogen) atoms. The number of unbranched alkanes of at least 4 members (excludes halogenated alkanes) is 39. The zero-order valence-electron chi connectivity index (χ0n) is 43.6. The minimum atomic E-state index is -0.534. The van der Waals surface area contributed by atoms with Crippen molar-refractivity contribution in [3.8, 4) is 0 Å². The molecule has 0 aliphatic carbocycles. The normalized spacial score (nSPS) is 12.2. The largest absolute Gasteiger partial charge is 0.462 e. The molecule has 0 N–H and O–H groups in total. The molecule has 0 amide bonds. The second kappa shape index (κ2) is 55.7. The van der Waals surface area contributed by atoms with Gasteiger partial charge in [0.1, 0.15) is 6.61 Å². The topological polar surface area (TPSA) is 61.8 Å². The van der Waals surface area contributed by atoms with Crippen LogP contribution >= 0.6 is 0 Å². The Hall–Kier alpha value is -1.62. The van der Waals surface area contributed by atoms with Gasteiger partial charge in [0.15, 0.2) is 6.10 Å². The average Bonchev–Trinajstić information content (AvgIpc) is 3.30. The minimum absolute atomic E-state index is 0.0888. The summed E-state index contributed by atoms with van der Waals surface area (Å²) >= 11 is 0. The maximum Gasteiger partial charge on any atom is 0.306 e. The summed E-state index contributed by atoms with van der Waals surface area (Å²) in [5, 5.41) is 0. The highest BCUT2D eigenvalue weighted by molar-refractivity contribution is 5.70. The van der Waals surface area contributed by atoms with Gasteiger partial charge < -0.3 is 14.2 Å². The molecule has 0 saturated heterocycles. The molecule has 0 aromatic carbocycles. The Morgan fingerprint density at radius 2 is 0.609 bits per heavy atom. The molecule has 0 aromatic rings. The maximum absolute atomic E-state index is 12.8. The van der Waals surface area contributed by atoms with Crippen LogP contribution in [-0.2, 0) is 23.8 Å². The molecule has 0 fully saturated rings. The third kappa shape index (κ3) is 53.0. The van der Waals surface area contributed by atoms with E-state index in [0.29, 0.717) is 26.1 Å². The SMILES string of the molecule is CCCCCCCC/C=C\CCCCCCCCCCCC(=O)OCC(COCCCCCCCC/C=C\CCCCCCCC)OC(=O)CCCCCCCCCCCCCCC. The van der Waals surface area contributed by atoms with Gasteiger partial charge in [0.2, 0.25) is 0 Å². The van der Waals surface area contributed by atoms with Gasteiger partial charge >= 0.3 is 11.9 Å². The van der Waals surface area contributed by atoms with Crippen molar-refractivity contribution in [2.24, 2.45) is 0 Å². The van der Waals surface area contributed by atoms with E-state index in [9.17, 15) is 9.59 Å². The van der Waals surface area contributed by atoms with E-state index < -0.39 is 6.10 Å². The summed E-state index contributed by atoms with van der Waals surface area (Å²) in [5.41, 5.74) is 0. The number of hydrogen-bond donors (Lipinski definition) is 0. The first-order chi connectivity index (χ1) is 31.6. The summed E-state index contributed by atoms with van der Waals surface area (Å²) < 4.78 is 17.5. The van der Waals surface area contributed by atoms with Crippen molar-refractivity contribution in [3.63, 3.8) is 0 Å². The Kier molecular flexibility index (Phi) is 54.3. The van der Waals surface area contributed by atoms with Crippen molar-refractivity contribution >= 4 is 11.9 Å². The number of ether oxygens (including phenoxy) is 3. The lowest BCUT2D eigenvalue weighted by atomic mass is 10.0. The Morgan fingerprint density at radius 3 is 0.953 bits per heavy atom. The summed E-state index contributed by atoms with van der Waals surface area (Å²) in [5.74, 6) is -0.382. The van der Waals surface area contributed by atoms with E-state index >= 15 is 0 Å². The molecule has 0 heterocycles. The van der Waals surface area contributed by atoms with Crippen LogP contribution in [0.25, 0.3) is 0 Å². The molecule has 5 nitrogen and oxygen atoms in total. The van der Waals surface area contributed by atoms with Crippen LogP contribution in [0.5, 0.6) is 0 Å². The van der Waals surface area contributed by atoms with Crippen molar-refractivity contribution in [2.75, 3.05) is 19.8 Å². The van der Waals surface area contributed by atoms with E-state index in [1.165, 1.54) is 244 Å². The van der Waals surface area contributed by atoms with Gasteiger partial charge in [-0.3, -0.25) is 9.59 Å². The maximum atomic E-state index is 12.8. The molecule has 0 saturated carbocycles. The fraction of sp³-hybridized carbons (Fsp3) is 0.898. The van der Waals surface area contributed by atoms with Crippen LogP contribution in [0.1, 0.15) is 316 Å². The average molecular weight is 902 g/mol. The first kappa shape index (κ1) is 62.4. The smallest absolute Gasteiger partial charge is 0.306 e. The van der Waals surface area contributed by atoms with Gasteiger partial charge in [0.05, 0.1) is 6.61 Å². The zero-order valence-corrected chi connectivity index (χ0v) is 43.6. The summed E-state index contributed by atoms with van der Waals surface area (Å²) in [4.78, 5) is 25.5. The number of carbonyl (C=O) groups is 2. The van der Waals surface area contributed by atoms with E-state index in [4.69, 9.17) is 14.2 Å². The van der Waals surface area contributed by atoms with Crippen molar-refractivity contribution < 1.29 is 23.8 Å². The molecule has 0 aliphatic rings. The van der Waals surface area contributed by atoms with E-state index in [-0.39, 0.29) is 18.5 Å². The van der Waals surface area contributed by atoms with Crippen LogP contribution in [0, 0.1) is 0 Å². The van der Waals surface area contributed by atoms with Crippen LogP contribution in [0.15, 0.2) is 24.3 Å². The molecule has 1 atom stereocenters. The second-order valence-electron chi connectivity index (χ2n) is 19.5. The van der Waals surface area contributed by atoms with Gasteiger partial charge in [-0.1, -0.05) is 257 Å². The molecule has 5 heteroatoms. The van der Waals surface area contributed by atoms with Gasteiger partial charge in [0.25, 0.3) is 0 Å². The third-order valence-corrected chi connectivity index (χ3v) is 13.0. The van der Waals surface area contributed by atoms with E-state index in [2.05, 4.69) is 45.1 Å². The quantitative estimate of drug-likeness (QED) is 0.0346. The third-order valence-electron chi connectivity index (χ3n) is 13.0. The molecular formula is C59H112O5. The summed E-state index contributed by atoms with van der Waals surface area (Å²) in [6.45, 7) is 7.87. The Morgan fingerprint density at radius 1 is 0.328 bits per heavy atom. The van der Waals surface area contributed by atoms with Crippen LogP contribution < -0.4 is 0 Å². The van der Waals surface area contributed by atoms with Crippen LogP contribution in [0.2, 0.25) is 0 Å². The second-order valence-corrected chi connectivity index (χ2v) is 19.5. The Bertz CT molecular complexity index is 974. The molecular weight excluding hydrogens is 789 g/mol. The van der Waals surface area contributed by atoms with Crippen LogP contribution in [0.4, 0.5) is 0 Å². The predicted octanol–water partition coefficient (Wildman–Crippen LogP) is 19.6. The van der Waals surface area contributed by atoms with E-state index in [0.717, 1.165) is 38.5 Å². The Balaban J connectivity index is 4.20. The fourth-order valence-corrected chi connectivity index (χ4v) is 8.62. The lowest BCUT2D eigenvalue weighted by Gasteiger charge is -2.18. The number of carbonyl (C=O) groups excluding carboxylic acids is 2. The molecule has 0 aromatic heterocycles. The fourth-order valence-electron chi connectivity index (χ4n) is 8.62. The number of esters is 2. The van der Waals surface area contributed by atoms with Gasteiger partial charge in [-0.05, 0) is 70.6 Å². The summed E-state index contributed by atoms with van der Waals surface area (Å²) in [7, 11) is 0. The number of rotatable bonds is 54. The van der Waals surface area contributed by atoms with Crippen molar-refractivity contribution in [3.05, 3.63) is 24.3 Å². The number of allylic oxidation sites excluding steroid dienone is 4. The first-order valence-corrected chi connectivity index (χ1v) is 28.9. The molecule has 0 spiro atoms. The molecule has 378 valence electrons. The molecule has 0 aliphatic heterocycles. The highest BCUT2D eigenvalue weighted by Gasteiger charge is 2.17. The molecule has 1 unspecified atom stereocenters. The highest BCUT2D eigenvalue weighted by Crippen LogP contribution is 2.16. The molecule has 0 radical (unpaired) electrons. The lowest BCUT2D eigenvalue weighted by molar-refractivity contribution is -0.163. The molecule has 0 bridgehead atoms. The zero-order chi connectivity index (χ0) is 46.3.